The average Bonchev–Trinajstić information content (AvgIpc) is 2.82. The molecule has 1 aliphatic heterocycles. The van der Waals surface area contributed by atoms with Crippen LogP contribution in [0.2, 0.25) is 0 Å². The maximum atomic E-state index is 13.7. The summed E-state index contributed by atoms with van der Waals surface area (Å²) in [6, 6.07) is 20.6. The van der Waals surface area contributed by atoms with Crippen LogP contribution in [0.1, 0.15) is 5.56 Å². The average molecular weight is 453 g/mol. The molecule has 0 saturated heterocycles. The van der Waals surface area contributed by atoms with Gasteiger partial charge in [-0.3, -0.25) is 9.10 Å². The van der Waals surface area contributed by atoms with Crippen molar-refractivity contribution in [3.05, 3.63) is 78.4 Å². The van der Waals surface area contributed by atoms with Gasteiger partial charge >= 0.3 is 0 Å². The number of carbonyl (C=O) groups excluding carboxylic acids is 1. The van der Waals surface area contributed by atoms with Crippen LogP contribution in [-0.4, -0.2) is 41.1 Å². The number of ether oxygens (including phenoxy) is 2. The zero-order chi connectivity index (χ0) is 22.7. The number of para-hydroxylation sites is 1. The normalized spacial score (nSPS) is 12.8. The molecule has 0 aliphatic carbocycles. The van der Waals surface area contributed by atoms with E-state index >= 15 is 0 Å². The third kappa shape index (κ3) is 4.40. The number of hydrogen-bond acceptors (Lipinski definition) is 5. The molecule has 0 N–H and O–H groups in total. The van der Waals surface area contributed by atoms with Crippen LogP contribution < -0.4 is 18.7 Å². The molecule has 7 nitrogen and oxygen atoms in total. The molecule has 0 saturated carbocycles. The monoisotopic (exact) mass is 452 g/mol. The molecule has 1 amide bonds. The largest absolute Gasteiger partial charge is 0.486 e. The van der Waals surface area contributed by atoms with Crippen molar-refractivity contribution in [2.45, 2.75) is 11.8 Å². The van der Waals surface area contributed by atoms with E-state index in [4.69, 9.17) is 9.47 Å². The molecule has 8 heteroatoms. The minimum Gasteiger partial charge on any atom is -0.486 e. The molecule has 0 spiro atoms. The molecule has 4 rings (SSSR count). The molecule has 0 atom stereocenters. The lowest BCUT2D eigenvalue weighted by Crippen LogP contribution is -2.41. The van der Waals surface area contributed by atoms with Crippen LogP contribution in [0.3, 0.4) is 0 Å². The number of nitrogens with zero attached hydrogens (tertiary/aromatic N) is 2. The number of likely N-dealkylation sites (N-methyl/N-ethyl adjacent to an activating group) is 1. The van der Waals surface area contributed by atoms with Gasteiger partial charge in [0.1, 0.15) is 19.8 Å². The Bertz CT molecular complexity index is 1210. The lowest BCUT2D eigenvalue weighted by Gasteiger charge is -2.27. The number of aryl methyl sites for hydroxylation is 1. The third-order valence-corrected chi connectivity index (χ3v) is 6.99. The molecule has 0 unspecified atom stereocenters. The highest BCUT2D eigenvalue weighted by atomic mass is 32.2. The van der Waals surface area contributed by atoms with E-state index in [1.807, 2.05) is 37.3 Å². The fourth-order valence-corrected chi connectivity index (χ4v) is 4.79. The molecule has 0 radical (unpaired) electrons. The van der Waals surface area contributed by atoms with Crippen molar-refractivity contribution >= 4 is 27.3 Å². The summed E-state index contributed by atoms with van der Waals surface area (Å²) < 4.78 is 39.5. The molecule has 0 bridgehead atoms. The molecule has 3 aromatic rings. The molecule has 0 fully saturated rings. The highest BCUT2D eigenvalue weighted by molar-refractivity contribution is 7.92. The smallest absolute Gasteiger partial charge is 0.264 e. The van der Waals surface area contributed by atoms with Crippen LogP contribution in [0.4, 0.5) is 11.4 Å². The molecule has 1 aliphatic rings. The topological polar surface area (TPSA) is 76.2 Å². The van der Waals surface area contributed by atoms with Crippen molar-refractivity contribution in [3.63, 3.8) is 0 Å². The Morgan fingerprint density at radius 1 is 0.875 bits per heavy atom. The van der Waals surface area contributed by atoms with Gasteiger partial charge in [-0.2, -0.15) is 0 Å². The summed E-state index contributed by atoms with van der Waals surface area (Å²) in [5, 5.41) is 0. The van der Waals surface area contributed by atoms with Crippen LogP contribution in [-0.2, 0) is 14.8 Å². The van der Waals surface area contributed by atoms with Gasteiger partial charge in [-0.05, 0) is 43.3 Å². The molecule has 166 valence electrons. The van der Waals surface area contributed by atoms with Crippen molar-refractivity contribution in [2.24, 2.45) is 0 Å². The predicted molar refractivity (Wildman–Crippen MR) is 123 cm³/mol. The lowest BCUT2D eigenvalue weighted by molar-refractivity contribution is -0.116. The second kappa shape index (κ2) is 8.92. The van der Waals surface area contributed by atoms with Gasteiger partial charge in [0.05, 0.1) is 10.6 Å². The van der Waals surface area contributed by atoms with Gasteiger partial charge in [-0.25, -0.2) is 8.42 Å². The van der Waals surface area contributed by atoms with E-state index in [1.165, 1.54) is 17.0 Å². The van der Waals surface area contributed by atoms with Crippen molar-refractivity contribution in [3.8, 4) is 11.5 Å². The van der Waals surface area contributed by atoms with E-state index in [9.17, 15) is 13.2 Å². The highest BCUT2D eigenvalue weighted by Crippen LogP contribution is 2.34. The van der Waals surface area contributed by atoms with Crippen molar-refractivity contribution in [1.82, 2.24) is 0 Å². The van der Waals surface area contributed by atoms with Crippen LogP contribution in [0.15, 0.2) is 77.7 Å². The number of anilines is 2. The summed E-state index contributed by atoms with van der Waals surface area (Å²) >= 11 is 0. The first kappa shape index (κ1) is 21.7. The Hall–Kier alpha value is -3.52. The highest BCUT2D eigenvalue weighted by Gasteiger charge is 2.30. The lowest BCUT2D eigenvalue weighted by atomic mass is 10.2. The van der Waals surface area contributed by atoms with Gasteiger partial charge < -0.3 is 14.4 Å². The summed E-state index contributed by atoms with van der Waals surface area (Å²) in [6.45, 7) is 2.32. The first-order chi connectivity index (χ1) is 15.4. The number of carbonyl (C=O) groups is 1. The van der Waals surface area contributed by atoms with Crippen molar-refractivity contribution in [2.75, 3.05) is 36.0 Å². The minimum atomic E-state index is -4.06. The summed E-state index contributed by atoms with van der Waals surface area (Å²) in [7, 11) is -2.43. The van der Waals surface area contributed by atoms with Gasteiger partial charge in [0.15, 0.2) is 11.5 Å². The number of hydrogen-bond donors (Lipinski definition) is 0. The Morgan fingerprint density at radius 2 is 1.53 bits per heavy atom. The van der Waals surface area contributed by atoms with Gasteiger partial charge in [-0.1, -0.05) is 35.9 Å². The first-order valence-corrected chi connectivity index (χ1v) is 11.6. The zero-order valence-electron chi connectivity index (χ0n) is 17.9. The van der Waals surface area contributed by atoms with Crippen LogP contribution in [0.5, 0.6) is 11.5 Å². The van der Waals surface area contributed by atoms with E-state index in [0.717, 1.165) is 9.87 Å². The summed E-state index contributed by atoms with van der Waals surface area (Å²) in [6.07, 6.45) is 0. The summed E-state index contributed by atoms with van der Waals surface area (Å²) in [5.41, 5.74) is 2.07. The summed E-state index contributed by atoms with van der Waals surface area (Å²) in [4.78, 5) is 14.6. The van der Waals surface area contributed by atoms with Gasteiger partial charge in [0.2, 0.25) is 5.91 Å². The second-order valence-corrected chi connectivity index (χ2v) is 9.30. The third-order valence-electron chi connectivity index (χ3n) is 5.22. The van der Waals surface area contributed by atoms with Crippen molar-refractivity contribution in [1.29, 1.82) is 0 Å². The summed E-state index contributed by atoms with van der Waals surface area (Å²) in [5.74, 6) is 0.503. The Labute approximate surface area is 187 Å². The van der Waals surface area contributed by atoms with E-state index < -0.39 is 10.0 Å². The first-order valence-electron chi connectivity index (χ1n) is 10.2. The molecule has 32 heavy (non-hydrogen) atoms. The Kier molecular flexibility index (Phi) is 6.05. The van der Waals surface area contributed by atoms with Crippen LogP contribution >= 0.6 is 0 Å². The molecule has 0 aromatic heterocycles. The minimum absolute atomic E-state index is 0.0255. The molecule has 3 aromatic carbocycles. The number of rotatable bonds is 6. The second-order valence-electron chi connectivity index (χ2n) is 7.44. The quantitative estimate of drug-likeness (QED) is 0.571. The Balaban J connectivity index is 1.70. The standard InChI is InChI=1S/C24H24N2O5S/c1-18-8-10-20(11-9-18)26(17-24(27)25(2)19-6-4-3-5-7-19)32(28,29)21-12-13-22-23(16-21)31-15-14-30-22/h3-13,16H,14-15,17H2,1-2H3. The maximum Gasteiger partial charge on any atom is 0.264 e. The SMILES string of the molecule is Cc1ccc(N(CC(=O)N(C)c2ccccc2)S(=O)(=O)c2ccc3c(c2)OCCO3)cc1. The van der Waals surface area contributed by atoms with Gasteiger partial charge in [0.25, 0.3) is 10.0 Å². The van der Waals surface area contributed by atoms with Gasteiger partial charge in [0, 0.05) is 18.8 Å². The number of sulfonamides is 1. The predicted octanol–water partition coefficient (Wildman–Crippen LogP) is 3.62. The van der Waals surface area contributed by atoms with E-state index in [-0.39, 0.29) is 17.3 Å². The fraction of sp³-hybridized carbons (Fsp3) is 0.208. The van der Waals surface area contributed by atoms with E-state index in [0.29, 0.717) is 36.1 Å². The fourth-order valence-electron chi connectivity index (χ4n) is 3.36. The van der Waals surface area contributed by atoms with E-state index in [2.05, 4.69) is 0 Å². The number of amides is 1. The van der Waals surface area contributed by atoms with Gasteiger partial charge in [-0.15, -0.1) is 0 Å². The Morgan fingerprint density at radius 3 is 2.22 bits per heavy atom. The molecule has 1 heterocycles. The van der Waals surface area contributed by atoms with Crippen LogP contribution in [0, 0.1) is 6.92 Å². The molecular weight excluding hydrogens is 428 g/mol. The number of fused-ring (bicyclic) bond motifs is 1. The number of benzene rings is 3. The van der Waals surface area contributed by atoms with E-state index in [1.54, 1.807) is 37.4 Å². The molecular formula is C24H24N2O5S. The van der Waals surface area contributed by atoms with Crippen molar-refractivity contribution < 1.29 is 22.7 Å². The maximum absolute atomic E-state index is 13.7. The van der Waals surface area contributed by atoms with Crippen LogP contribution in [0.25, 0.3) is 0 Å². The zero-order valence-corrected chi connectivity index (χ0v) is 18.7.